The van der Waals surface area contributed by atoms with Gasteiger partial charge in [0, 0.05) is 22.7 Å². The van der Waals surface area contributed by atoms with E-state index in [1.54, 1.807) is 0 Å². The molecule has 1 N–H and O–H groups in total. The maximum atomic E-state index is 3.52. The van der Waals surface area contributed by atoms with Crippen LogP contribution in [0.5, 0.6) is 0 Å². The number of hydrogen-bond acceptors (Lipinski definition) is 1. The maximum absolute atomic E-state index is 3.52. The van der Waals surface area contributed by atoms with E-state index in [-0.39, 0.29) is 0 Å². The molecule has 3 heteroatoms. The summed E-state index contributed by atoms with van der Waals surface area (Å²) in [4.78, 5) is 0. The van der Waals surface area contributed by atoms with Gasteiger partial charge in [-0.15, -0.1) is 0 Å². The van der Waals surface area contributed by atoms with Gasteiger partial charge < -0.3 is 9.88 Å². The van der Waals surface area contributed by atoms with Gasteiger partial charge in [-0.25, -0.2) is 0 Å². The Kier molecular flexibility index (Phi) is 4.02. The molecule has 0 spiro atoms. The van der Waals surface area contributed by atoms with Crippen LogP contribution in [0, 0.1) is 0 Å². The molecular formula is C13H17BrN2. The fourth-order valence-electron chi connectivity index (χ4n) is 1.90. The van der Waals surface area contributed by atoms with E-state index in [1.165, 1.54) is 17.3 Å². The van der Waals surface area contributed by atoms with Crippen molar-refractivity contribution in [2.45, 2.75) is 19.9 Å². The van der Waals surface area contributed by atoms with Crippen LogP contribution in [-0.4, -0.2) is 17.7 Å². The Morgan fingerprint density at radius 3 is 3.00 bits per heavy atom. The molecule has 2 aromatic rings. The number of hydrogen-bond donors (Lipinski definition) is 1. The summed E-state index contributed by atoms with van der Waals surface area (Å²) >= 11 is 3.52. The zero-order chi connectivity index (χ0) is 11.4. The lowest BCUT2D eigenvalue weighted by Gasteiger charge is -2.06. The van der Waals surface area contributed by atoms with Crippen LogP contribution in [-0.2, 0) is 6.54 Å². The summed E-state index contributed by atoms with van der Waals surface area (Å²) in [7, 11) is 0. The molecule has 0 bridgehead atoms. The van der Waals surface area contributed by atoms with Crippen molar-refractivity contribution < 1.29 is 0 Å². The van der Waals surface area contributed by atoms with E-state index in [0.29, 0.717) is 0 Å². The van der Waals surface area contributed by atoms with Crippen molar-refractivity contribution in [2.75, 3.05) is 13.1 Å². The minimum atomic E-state index is 1.05. The van der Waals surface area contributed by atoms with Crippen molar-refractivity contribution in [3.8, 4) is 0 Å². The first-order chi connectivity index (χ1) is 7.81. The highest BCUT2D eigenvalue weighted by atomic mass is 79.9. The molecule has 0 radical (unpaired) electrons. The summed E-state index contributed by atoms with van der Waals surface area (Å²) in [6.07, 6.45) is 3.34. The molecule has 0 fully saturated rings. The Morgan fingerprint density at radius 2 is 2.19 bits per heavy atom. The van der Waals surface area contributed by atoms with Crippen LogP contribution in [0.4, 0.5) is 0 Å². The van der Waals surface area contributed by atoms with Crippen molar-refractivity contribution in [2.24, 2.45) is 0 Å². The molecular weight excluding hydrogens is 264 g/mol. The summed E-state index contributed by atoms with van der Waals surface area (Å²) in [6, 6.07) is 8.60. The van der Waals surface area contributed by atoms with E-state index in [2.05, 4.69) is 63.2 Å². The van der Waals surface area contributed by atoms with Gasteiger partial charge in [-0.2, -0.15) is 0 Å². The van der Waals surface area contributed by atoms with Crippen LogP contribution in [0.2, 0.25) is 0 Å². The fraction of sp³-hybridized carbons (Fsp3) is 0.385. The zero-order valence-corrected chi connectivity index (χ0v) is 11.1. The number of nitrogens with zero attached hydrogens (tertiary/aromatic N) is 1. The fourth-order valence-corrected chi connectivity index (χ4v) is 2.25. The number of benzene rings is 1. The Labute approximate surface area is 105 Å². The van der Waals surface area contributed by atoms with Gasteiger partial charge in [0.25, 0.3) is 0 Å². The third kappa shape index (κ3) is 2.66. The van der Waals surface area contributed by atoms with E-state index >= 15 is 0 Å². The highest BCUT2D eigenvalue weighted by molar-refractivity contribution is 9.10. The molecule has 0 unspecified atom stereocenters. The predicted molar refractivity (Wildman–Crippen MR) is 72.8 cm³/mol. The molecule has 0 atom stereocenters. The van der Waals surface area contributed by atoms with Crippen LogP contribution >= 0.6 is 15.9 Å². The van der Waals surface area contributed by atoms with Crippen LogP contribution in [0.25, 0.3) is 10.9 Å². The van der Waals surface area contributed by atoms with E-state index in [0.717, 1.165) is 24.1 Å². The average molecular weight is 281 g/mol. The third-order valence-electron chi connectivity index (χ3n) is 2.74. The summed E-state index contributed by atoms with van der Waals surface area (Å²) < 4.78 is 3.46. The van der Waals surface area contributed by atoms with Crippen LogP contribution in [0.1, 0.15) is 13.3 Å². The Hall–Kier alpha value is -0.800. The second-order valence-electron chi connectivity index (χ2n) is 3.92. The SMILES string of the molecule is CCNCCCn1ccc2ccc(Br)cc21. The van der Waals surface area contributed by atoms with Gasteiger partial charge in [-0.3, -0.25) is 0 Å². The highest BCUT2D eigenvalue weighted by Crippen LogP contribution is 2.20. The van der Waals surface area contributed by atoms with Gasteiger partial charge >= 0.3 is 0 Å². The summed E-state index contributed by atoms with van der Waals surface area (Å²) in [5.41, 5.74) is 1.31. The number of fused-ring (bicyclic) bond motifs is 1. The Bertz CT molecular complexity index is 462. The first-order valence-corrected chi connectivity index (χ1v) is 6.55. The van der Waals surface area contributed by atoms with Crippen molar-refractivity contribution >= 4 is 26.8 Å². The molecule has 0 saturated carbocycles. The summed E-state index contributed by atoms with van der Waals surface area (Å²) in [5.74, 6) is 0. The van der Waals surface area contributed by atoms with Gasteiger partial charge in [-0.1, -0.05) is 28.9 Å². The lowest BCUT2D eigenvalue weighted by Crippen LogP contribution is -2.15. The highest BCUT2D eigenvalue weighted by Gasteiger charge is 2.00. The zero-order valence-electron chi connectivity index (χ0n) is 9.54. The standard InChI is InChI=1S/C13H17BrN2/c1-2-15-7-3-8-16-9-6-11-4-5-12(14)10-13(11)16/h4-6,9-10,15H,2-3,7-8H2,1H3. The predicted octanol–water partition coefficient (Wildman–Crippen LogP) is 3.40. The molecule has 1 aromatic carbocycles. The van der Waals surface area contributed by atoms with Crippen molar-refractivity contribution in [3.63, 3.8) is 0 Å². The topological polar surface area (TPSA) is 17.0 Å². The Morgan fingerprint density at radius 1 is 1.31 bits per heavy atom. The van der Waals surface area contributed by atoms with Crippen molar-refractivity contribution in [3.05, 3.63) is 34.9 Å². The van der Waals surface area contributed by atoms with Crippen LogP contribution < -0.4 is 5.32 Å². The summed E-state index contributed by atoms with van der Waals surface area (Å²) in [5, 5.41) is 4.66. The molecule has 2 rings (SSSR count). The van der Waals surface area contributed by atoms with Crippen molar-refractivity contribution in [1.29, 1.82) is 0 Å². The van der Waals surface area contributed by atoms with Gasteiger partial charge in [0.2, 0.25) is 0 Å². The van der Waals surface area contributed by atoms with E-state index in [9.17, 15) is 0 Å². The number of aromatic nitrogens is 1. The summed E-state index contributed by atoms with van der Waals surface area (Å²) in [6.45, 7) is 5.36. The lowest BCUT2D eigenvalue weighted by molar-refractivity contribution is 0.603. The molecule has 0 aliphatic rings. The second-order valence-corrected chi connectivity index (χ2v) is 4.84. The second kappa shape index (κ2) is 5.51. The van der Waals surface area contributed by atoms with E-state index in [4.69, 9.17) is 0 Å². The Balaban J connectivity index is 2.09. The van der Waals surface area contributed by atoms with Gasteiger partial charge in [-0.05, 0) is 43.1 Å². The van der Waals surface area contributed by atoms with Crippen molar-refractivity contribution in [1.82, 2.24) is 9.88 Å². The van der Waals surface area contributed by atoms with E-state index < -0.39 is 0 Å². The van der Waals surface area contributed by atoms with Crippen LogP contribution in [0.15, 0.2) is 34.9 Å². The minimum absolute atomic E-state index is 1.05. The molecule has 86 valence electrons. The molecule has 1 aromatic heterocycles. The van der Waals surface area contributed by atoms with Gasteiger partial charge in [0.1, 0.15) is 0 Å². The number of aryl methyl sites for hydroxylation is 1. The quantitative estimate of drug-likeness (QED) is 0.831. The molecule has 2 nitrogen and oxygen atoms in total. The molecule has 16 heavy (non-hydrogen) atoms. The largest absolute Gasteiger partial charge is 0.347 e. The van der Waals surface area contributed by atoms with Gasteiger partial charge in [0.15, 0.2) is 0 Å². The molecule has 1 heterocycles. The first-order valence-electron chi connectivity index (χ1n) is 5.76. The molecule has 0 aliphatic carbocycles. The smallest absolute Gasteiger partial charge is 0.0491 e. The monoisotopic (exact) mass is 280 g/mol. The molecule has 0 aliphatic heterocycles. The lowest BCUT2D eigenvalue weighted by atomic mass is 10.2. The van der Waals surface area contributed by atoms with Gasteiger partial charge in [0.05, 0.1) is 0 Å². The number of halogens is 1. The third-order valence-corrected chi connectivity index (χ3v) is 3.23. The van der Waals surface area contributed by atoms with Crippen LogP contribution in [0.3, 0.4) is 0 Å². The maximum Gasteiger partial charge on any atom is 0.0491 e. The minimum Gasteiger partial charge on any atom is -0.347 e. The normalized spacial score (nSPS) is 11.1. The first kappa shape index (κ1) is 11.7. The average Bonchev–Trinajstić information content (AvgIpc) is 2.67. The number of nitrogens with one attached hydrogen (secondary N) is 1. The number of rotatable bonds is 5. The van der Waals surface area contributed by atoms with E-state index in [1.807, 2.05) is 0 Å². The molecule has 0 amide bonds. The molecule has 0 saturated heterocycles.